The number of likely N-dealkylation sites (tertiary alicyclic amines) is 1. The molecule has 5 heteroatoms. The topological polar surface area (TPSA) is 75.4 Å². The summed E-state index contributed by atoms with van der Waals surface area (Å²) < 4.78 is 0. The number of piperidine rings is 1. The van der Waals surface area contributed by atoms with Crippen LogP contribution >= 0.6 is 0 Å². The minimum Gasteiger partial charge on any atom is -0.346 e. The molecule has 1 saturated heterocycles. The van der Waals surface area contributed by atoms with Crippen LogP contribution in [0.2, 0.25) is 0 Å². The van der Waals surface area contributed by atoms with Gasteiger partial charge in [0.2, 0.25) is 11.8 Å². The number of carbonyl (C=O) groups excluding carboxylic acids is 2. The van der Waals surface area contributed by atoms with Gasteiger partial charge in [0.05, 0.1) is 13.1 Å². The third kappa shape index (κ3) is 3.51. The van der Waals surface area contributed by atoms with Crippen molar-refractivity contribution in [2.75, 3.05) is 19.6 Å². The van der Waals surface area contributed by atoms with Crippen LogP contribution in [0.25, 0.3) is 0 Å². The van der Waals surface area contributed by atoms with Crippen LogP contribution in [0, 0.1) is 0 Å². The van der Waals surface area contributed by atoms with Gasteiger partial charge in [0.1, 0.15) is 0 Å². The van der Waals surface area contributed by atoms with E-state index in [0.717, 1.165) is 19.4 Å². The molecule has 86 valence electrons. The zero-order valence-electron chi connectivity index (χ0n) is 9.16. The summed E-state index contributed by atoms with van der Waals surface area (Å²) in [6.07, 6.45) is 3.29. The summed E-state index contributed by atoms with van der Waals surface area (Å²) in [4.78, 5) is 24.4. The number of rotatable bonds is 3. The highest BCUT2D eigenvalue weighted by Crippen LogP contribution is 2.15. The first-order valence-corrected chi connectivity index (χ1v) is 5.41. The fraction of sp³-hybridized carbons (Fsp3) is 0.800. The van der Waals surface area contributed by atoms with Crippen LogP contribution < -0.4 is 11.1 Å². The largest absolute Gasteiger partial charge is 0.346 e. The molecule has 1 atom stereocenters. The summed E-state index contributed by atoms with van der Waals surface area (Å²) in [5.74, 6) is -0.294. The lowest BCUT2D eigenvalue weighted by Gasteiger charge is -2.33. The third-order valence-electron chi connectivity index (χ3n) is 2.75. The van der Waals surface area contributed by atoms with Crippen LogP contribution in [-0.2, 0) is 9.59 Å². The lowest BCUT2D eigenvalue weighted by atomic mass is 10.0. The molecule has 0 aromatic heterocycles. The number of nitrogens with zero attached hydrogens (tertiary/aromatic N) is 1. The molecule has 5 nitrogen and oxygen atoms in total. The molecular formula is C10H19N3O2. The van der Waals surface area contributed by atoms with E-state index in [0.29, 0.717) is 6.04 Å². The highest BCUT2D eigenvalue weighted by atomic mass is 16.2. The molecule has 0 aliphatic carbocycles. The first-order chi connectivity index (χ1) is 7.15. The molecule has 15 heavy (non-hydrogen) atoms. The van der Waals surface area contributed by atoms with Gasteiger partial charge in [0.15, 0.2) is 0 Å². The highest BCUT2D eigenvalue weighted by molar-refractivity contribution is 5.85. The van der Waals surface area contributed by atoms with E-state index in [9.17, 15) is 9.59 Å². The van der Waals surface area contributed by atoms with E-state index < -0.39 is 0 Å². The predicted octanol–water partition coefficient (Wildman–Crippen LogP) is -0.538. The Labute approximate surface area is 90.0 Å². The van der Waals surface area contributed by atoms with Crippen molar-refractivity contribution in [1.82, 2.24) is 10.2 Å². The highest BCUT2D eigenvalue weighted by Gasteiger charge is 2.22. The van der Waals surface area contributed by atoms with Gasteiger partial charge >= 0.3 is 0 Å². The maximum absolute atomic E-state index is 11.7. The number of hydrogen-bond donors (Lipinski definition) is 2. The average molecular weight is 213 g/mol. The van der Waals surface area contributed by atoms with E-state index in [2.05, 4.69) is 5.32 Å². The number of nitrogens with two attached hydrogens (primary N) is 1. The van der Waals surface area contributed by atoms with Gasteiger partial charge < -0.3 is 16.0 Å². The second kappa shape index (κ2) is 5.70. The van der Waals surface area contributed by atoms with Gasteiger partial charge in [0, 0.05) is 12.6 Å². The van der Waals surface area contributed by atoms with Gasteiger partial charge in [0.25, 0.3) is 0 Å². The van der Waals surface area contributed by atoms with Crippen molar-refractivity contribution in [1.29, 1.82) is 0 Å². The van der Waals surface area contributed by atoms with Gasteiger partial charge in [-0.15, -0.1) is 0 Å². The third-order valence-corrected chi connectivity index (χ3v) is 2.75. The van der Waals surface area contributed by atoms with E-state index in [-0.39, 0.29) is 24.9 Å². The Hall–Kier alpha value is -1.10. The van der Waals surface area contributed by atoms with Crippen molar-refractivity contribution in [3.05, 3.63) is 0 Å². The minimum absolute atomic E-state index is 0.0102. The van der Waals surface area contributed by atoms with E-state index in [4.69, 9.17) is 5.73 Å². The fourth-order valence-electron chi connectivity index (χ4n) is 1.82. The molecule has 1 aliphatic rings. The average Bonchev–Trinajstić information content (AvgIpc) is 2.26. The first-order valence-electron chi connectivity index (χ1n) is 5.41. The lowest BCUT2D eigenvalue weighted by molar-refractivity contribution is -0.135. The molecule has 1 fully saturated rings. The molecule has 0 saturated carbocycles. The Balaban J connectivity index is 2.35. The Bertz CT molecular complexity index is 243. The van der Waals surface area contributed by atoms with Crippen LogP contribution in [0.3, 0.4) is 0 Å². The number of nitrogens with one attached hydrogen (secondary N) is 1. The van der Waals surface area contributed by atoms with Gasteiger partial charge in [-0.1, -0.05) is 0 Å². The zero-order valence-corrected chi connectivity index (χ0v) is 9.16. The molecule has 1 rings (SSSR count). The summed E-state index contributed by atoms with van der Waals surface area (Å²) in [7, 11) is 0. The second-order valence-electron chi connectivity index (χ2n) is 3.91. The van der Waals surface area contributed by atoms with Crippen LogP contribution in [0.4, 0.5) is 0 Å². The number of amides is 2. The van der Waals surface area contributed by atoms with Crippen molar-refractivity contribution in [2.45, 2.75) is 32.2 Å². The summed E-state index contributed by atoms with van der Waals surface area (Å²) in [5, 5.41) is 2.49. The maximum Gasteiger partial charge on any atom is 0.242 e. The Morgan fingerprint density at radius 3 is 2.80 bits per heavy atom. The Kier molecular flexibility index (Phi) is 4.55. The number of carbonyl (C=O) groups is 2. The Morgan fingerprint density at radius 2 is 2.20 bits per heavy atom. The van der Waals surface area contributed by atoms with Crippen LogP contribution in [0.15, 0.2) is 0 Å². The number of hydrogen-bond acceptors (Lipinski definition) is 3. The van der Waals surface area contributed by atoms with Crippen molar-refractivity contribution < 1.29 is 9.59 Å². The molecule has 2 amide bonds. The van der Waals surface area contributed by atoms with Gasteiger partial charge in [-0.05, 0) is 26.2 Å². The van der Waals surface area contributed by atoms with E-state index >= 15 is 0 Å². The molecule has 0 radical (unpaired) electrons. The summed E-state index contributed by atoms with van der Waals surface area (Å²) in [6, 6.07) is 0.293. The molecule has 0 spiro atoms. The summed E-state index contributed by atoms with van der Waals surface area (Å²) in [6.45, 7) is 2.85. The molecule has 1 heterocycles. The standard InChI is InChI=1S/C10H19N3O2/c1-8-4-2-3-5-13(8)10(15)7-12-9(14)6-11/h8H,2-7,11H2,1H3,(H,12,14). The van der Waals surface area contributed by atoms with Crippen molar-refractivity contribution in [3.63, 3.8) is 0 Å². The fourth-order valence-corrected chi connectivity index (χ4v) is 1.82. The van der Waals surface area contributed by atoms with Crippen molar-refractivity contribution in [3.8, 4) is 0 Å². The molecule has 1 unspecified atom stereocenters. The molecule has 1 aliphatic heterocycles. The zero-order chi connectivity index (χ0) is 11.3. The summed E-state index contributed by atoms with van der Waals surface area (Å²) in [5.41, 5.74) is 5.13. The first kappa shape index (κ1) is 12.0. The van der Waals surface area contributed by atoms with Crippen molar-refractivity contribution >= 4 is 11.8 Å². The SMILES string of the molecule is CC1CCCCN1C(=O)CNC(=O)CN. The lowest BCUT2D eigenvalue weighted by Crippen LogP contribution is -2.47. The van der Waals surface area contributed by atoms with E-state index in [1.165, 1.54) is 6.42 Å². The predicted molar refractivity (Wildman–Crippen MR) is 57.1 cm³/mol. The molecular weight excluding hydrogens is 194 g/mol. The molecule has 0 aromatic rings. The van der Waals surface area contributed by atoms with Crippen LogP contribution in [-0.4, -0.2) is 42.4 Å². The van der Waals surface area contributed by atoms with E-state index in [1.807, 2.05) is 11.8 Å². The quantitative estimate of drug-likeness (QED) is 0.661. The van der Waals surface area contributed by atoms with Crippen LogP contribution in [0.1, 0.15) is 26.2 Å². The minimum atomic E-state index is -0.284. The Morgan fingerprint density at radius 1 is 1.47 bits per heavy atom. The normalized spacial score (nSPS) is 21.2. The second-order valence-corrected chi connectivity index (χ2v) is 3.91. The smallest absolute Gasteiger partial charge is 0.242 e. The van der Waals surface area contributed by atoms with Gasteiger partial charge in [-0.25, -0.2) is 0 Å². The monoisotopic (exact) mass is 213 g/mol. The summed E-state index contributed by atoms with van der Waals surface area (Å²) >= 11 is 0. The van der Waals surface area contributed by atoms with Crippen molar-refractivity contribution in [2.24, 2.45) is 5.73 Å². The van der Waals surface area contributed by atoms with Gasteiger partial charge in [-0.2, -0.15) is 0 Å². The maximum atomic E-state index is 11.7. The molecule has 0 bridgehead atoms. The molecule has 3 N–H and O–H groups in total. The van der Waals surface area contributed by atoms with E-state index in [1.54, 1.807) is 0 Å². The van der Waals surface area contributed by atoms with Gasteiger partial charge in [-0.3, -0.25) is 9.59 Å². The van der Waals surface area contributed by atoms with Crippen LogP contribution in [0.5, 0.6) is 0 Å². The molecule has 0 aromatic carbocycles.